The first-order valence-corrected chi connectivity index (χ1v) is 7.18. The van der Waals surface area contributed by atoms with Gasteiger partial charge >= 0.3 is 0 Å². The lowest BCUT2D eigenvalue weighted by Crippen LogP contribution is -2.05. The Bertz CT molecular complexity index is 778. The number of aromatic nitrogens is 3. The third-order valence-corrected chi connectivity index (χ3v) is 3.67. The zero-order valence-corrected chi connectivity index (χ0v) is 12.7. The van der Waals surface area contributed by atoms with Gasteiger partial charge in [0.1, 0.15) is 11.4 Å². The van der Waals surface area contributed by atoms with Crippen LogP contribution in [0.4, 0.5) is 5.82 Å². The molecular formula is C17H18N4O. The van der Waals surface area contributed by atoms with Crippen LogP contribution in [0.15, 0.2) is 48.5 Å². The maximum Gasteiger partial charge on any atom is 0.155 e. The number of methoxy groups -OCH3 is 1. The van der Waals surface area contributed by atoms with Crippen LogP contribution in [0.3, 0.4) is 0 Å². The Balaban J connectivity index is 2.04. The number of anilines is 1. The van der Waals surface area contributed by atoms with Gasteiger partial charge in [0.15, 0.2) is 5.82 Å². The Morgan fingerprint density at radius 1 is 1.09 bits per heavy atom. The maximum atomic E-state index is 6.27. The quantitative estimate of drug-likeness (QED) is 0.803. The molecule has 1 heterocycles. The van der Waals surface area contributed by atoms with E-state index in [0.717, 1.165) is 23.4 Å². The van der Waals surface area contributed by atoms with E-state index in [0.29, 0.717) is 11.5 Å². The van der Waals surface area contributed by atoms with Crippen molar-refractivity contribution in [3.8, 4) is 22.7 Å². The van der Waals surface area contributed by atoms with Gasteiger partial charge in [-0.15, -0.1) is 5.10 Å². The highest BCUT2D eigenvalue weighted by Crippen LogP contribution is 2.27. The van der Waals surface area contributed by atoms with Crippen molar-refractivity contribution in [3.63, 3.8) is 0 Å². The van der Waals surface area contributed by atoms with Crippen LogP contribution in [-0.4, -0.2) is 22.1 Å². The lowest BCUT2D eigenvalue weighted by molar-refractivity contribution is 0.415. The molecule has 5 heteroatoms. The molecule has 0 saturated carbocycles. The van der Waals surface area contributed by atoms with Gasteiger partial charge in [0.2, 0.25) is 0 Å². The van der Waals surface area contributed by atoms with Gasteiger partial charge in [-0.3, -0.25) is 0 Å². The number of para-hydroxylation sites is 1. The molecule has 2 N–H and O–H groups in total. The van der Waals surface area contributed by atoms with Gasteiger partial charge in [0, 0.05) is 5.56 Å². The Hall–Kier alpha value is -2.82. The standard InChI is InChI=1S/C17H18N4O/c1-3-12-6-4-5-7-15(12)21-17(18)16(19-20-21)13-8-10-14(22-2)11-9-13/h4-11H,3,18H2,1-2H3. The average Bonchev–Trinajstić information content (AvgIpc) is 2.96. The first-order chi connectivity index (χ1) is 10.7. The molecule has 112 valence electrons. The minimum absolute atomic E-state index is 0.533. The largest absolute Gasteiger partial charge is 0.497 e. The second-order valence-electron chi connectivity index (χ2n) is 4.95. The molecule has 0 aliphatic carbocycles. The lowest BCUT2D eigenvalue weighted by Gasteiger charge is -2.08. The number of nitrogen functional groups attached to an aromatic ring is 1. The Labute approximate surface area is 129 Å². The van der Waals surface area contributed by atoms with Crippen LogP contribution in [0, 0.1) is 0 Å². The predicted molar refractivity (Wildman–Crippen MR) is 87.1 cm³/mol. The zero-order valence-electron chi connectivity index (χ0n) is 12.7. The van der Waals surface area contributed by atoms with Crippen molar-refractivity contribution < 1.29 is 4.74 Å². The number of hydrogen-bond donors (Lipinski definition) is 1. The summed E-state index contributed by atoms with van der Waals surface area (Å²) in [5.41, 5.74) is 10.0. The minimum atomic E-state index is 0.533. The van der Waals surface area contributed by atoms with Crippen molar-refractivity contribution in [2.75, 3.05) is 12.8 Å². The molecule has 0 radical (unpaired) electrons. The summed E-state index contributed by atoms with van der Waals surface area (Å²) in [7, 11) is 1.64. The van der Waals surface area contributed by atoms with E-state index in [2.05, 4.69) is 23.3 Å². The second kappa shape index (κ2) is 5.89. The van der Waals surface area contributed by atoms with E-state index in [9.17, 15) is 0 Å². The molecule has 0 spiro atoms. The van der Waals surface area contributed by atoms with Crippen molar-refractivity contribution >= 4 is 5.82 Å². The highest BCUT2D eigenvalue weighted by atomic mass is 16.5. The molecule has 22 heavy (non-hydrogen) atoms. The van der Waals surface area contributed by atoms with Crippen LogP contribution >= 0.6 is 0 Å². The summed E-state index contributed by atoms with van der Waals surface area (Å²) < 4.78 is 6.86. The van der Waals surface area contributed by atoms with Crippen molar-refractivity contribution in [2.45, 2.75) is 13.3 Å². The molecule has 3 rings (SSSR count). The van der Waals surface area contributed by atoms with Gasteiger partial charge in [-0.25, -0.2) is 0 Å². The van der Waals surface area contributed by atoms with Crippen LogP contribution in [0.5, 0.6) is 5.75 Å². The van der Waals surface area contributed by atoms with Gasteiger partial charge in [-0.1, -0.05) is 30.3 Å². The summed E-state index contributed by atoms with van der Waals surface area (Å²) in [4.78, 5) is 0. The topological polar surface area (TPSA) is 66.0 Å². The second-order valence-corrected chi connectivity index (χ2v) is 4.95. The number of rotatable bonds is 4. The van der Waals surface area contributed by atoms with Gasteiger partial charge in [0.25, 0.3) is 0 Å². The van der Waals surface area contributed by atoms with Crippen LogP contribution in [0.2, 0.25) is 0 Å². The zero-order chi connectivity index (χ0) is 15.5. The number of benzene rings is 2. The number of aryl methyl sites for hydroxylation is 1. The minimum Gasteiger partial charge on any atom is -0.497 e. The van der Waals surface area contributed by atoms with Crippen LogP contribution in [-0.2, 0) is 6.42 Å². The van der Waals surface area contributed by atoms with Crippen molar-refractivity contribution in [3.05, 3.63) is 54.1 Å². The first kappa shape index (κ1) is 14.1. The number of nitrogens with zero attached hydrogens (tertiary/aromatic N) is 3. The molecule has 1 aromatic heterocycles. The highest BCUT2D eigenvalue weighted by Gasteiger charge is 2.14. The fraction of sp³-hybridized carbons (Fsp3) is 0.176. The van der Waals surface area contributed by atoms with Crippen molar-refractivity contribution in [1.29, 1.82) is 0 Å². The smallest absolute Gasteiger partial charge is 0.155 e. The predicted octanol–water partition coefficient (Wildman–Crippen LogP) is 3.09. The van der Waals surface area contributed by atoms with Gasteiger partial charge < -0.3 is 10.5 Å². The normalized spacial score (nSPS) is 10.6. The Kier molecular flexibility index (Phi) is 3.78. The van der Waals surface area contributed by atoms with Crippen LogP contribution in [0.25, 0.3) is 16.9 Å². The maximum absolute atomic E-state index is 6.27. The fourth-order valence-electron chi connectivity index (χ4n) is 2.44. The third-order valence-electron chi connectivity index (χ3n) is 3.67. The molecule has 0 bridgehead atoms. The molecule has 0 unspecified atom stereocenters. The Morgan fingerprint density at radius 2 is 1.82 bits per heavy atom. The summed E-state index contributed by atoms with van der Waals surface area (Å²) in [6.45, 7) is 2.11. The lowest BCUT2D eigenvalue weighted by atomic mass is 10.1. The van der Waals surface area contributed by atoms with E-state index >= 15 is 0 Å². The summed E-state index contributed by atoms with van der Waals surface area (Å²) >= 11 is 0. The molecule has 0 amide bonds. The molecule has 0 fully saturated rings. The molecule has 5 nitrogen and oxygen atoms in total. The van der Waals surface area contributed by atoms with E-state index in [-0.39, 0.29) is 0 Å². The van der Waals surface area contributed by atoms with E-state index < -0.39 is 0 Å². The van der Waals surface area contributed by atoms with Crippen LogP contribution < -0.4 is 10.5 Å². The van der Waals surface area contributed by atoms with Gasteiger partial charge in [-0.2, -0.15) is 4.68 Å². The van der Waals surface area contributed by atoms with E-state index in [1.54, 1.807) is 11.8 Å². The van der Waals surface area contributed by atoms with Crippen molar-refractivity contribution in [1.82, 2.24) is 15.0 Å². The van der Waals surface area contributed by atoms with Gasteiger partial charge in [-0.05, 0) is 42.3 Å². The SMILES string of the molecule is CCc1ccccc1-n1nnc(-c2ccc(OC)cc2)c1N. The summed E-state index contributed by atoms with van der Waals surface area (Å²) in [5.74, 6) is 1.33. The highest BCUT2D eigenvalue weighted by molar-refractivity contribution is 5.71. The van der Waals surface area contributed by atoms with E-state index in [1.165, 1.54) is 5.56 Å². The first-order valence-electron chi connectivity index (χ1n) is 7.18. The molecule has 0 saturated heterocycles. The summed E-state index contributed by atoms with van der Waals surface area (Å²) in [6, 6.07) is 15.7. The monoisotopic (exact) mass is 294 g/mol. The third kappa shape index (κ3) is 2.41. The van der Waals surface area contributed by atoms with E-state index in [1.807, 2.05) is 42.5 Å². The van der Waals surface area contributed by atoms with Gasteiger partial charge in [0.05, 0.1) is 12.8 Å². The Morgan fingerprint density at radius 3 is 2.50 bits per heavy atom. The summed E-state index contributed by atoms with van der Waals surface area (Å²) in [5, 5.41) is 8.46. The number of hydrogen-bond acceptors (Lipinski definition) is 4. The van der Waals surface area contributed by atoms with E-state index in [4.69, 9.17) is 10.5 Å². The molecular weight excluding hydrogens is 276 g/mol. The molecule has 0 atom stereocenters. The summed E-state index contributed by atoms with van der Waals surface area (Å²) in [6.07, 6.45) is 0.910. The molecule has 0 aliphatic heterocycles. The van der Waals surface area contributed by atoms with Crippen LogP contribution in [0.1, 0.15) is 12.5 Å². The van der Waals surface area contributed by atoms with Crippen molar-refractivity contribution in [2.24, 2.45) is 0 Å². The fourth-order valence-corrected chi connectivity index (χ4v) is 2.44. The average molecular weight is 294 g/mol. The molecule has 2 aromatic carbocycles. The molecule has 0 aliphatic rings. The molecule has 3 aromatic rings. The number of nitrogens with two attached hydrogens (primary N) is 1. The number of ether oxygens (including phenoxy) is 1.